The predicted molar refractivity (Wildman–Crippen MR) is 115 cm³/mol. The first-order valence-corrected chi connectivity index (χ1v) is 11.2. The van der Waals surface area contributed by atoms with Crippen LogP contribution in [0.2, 0.25) is 0 Å². The van der Waals surface area contributed by atoms with Crippen LogP contribution >= 0.6 is 0 Å². The van der Waals surface area contributed by atoms with Crippen LogP contribution in [0, 0.1) is 0 Å². The molecule has 0 fully saturated rings. The zero-order valence-electron chi connectivity index (χ0n) is 16.5. The zero-order chi connectivity index (χ0) is 21.1. The number of furan rings is 1. The highest BCUT2D eigenvalue weighted by atomic mass is 32.2. The van der Waals surface area contributed by atoms with E-state index in [1.54, 1.807) is 48.4 Å². The van der Waals surface area contributed by atoms with E-state index in [2.05, 4.69) is 4.72 Å². The third-order valence-corrected chi connectivity index (χ3v) is 6.34. The normalized spacial score (nSPS) is 13.2. The van der Waals surface area contributed by atoms with E-state index in [-0.39, 0.29) is 17.4 Å². The minimum absolute atomic E-state index is 0.0501. The van der Waals surface area contributed by atoms with E-state index in [1.807, 2.05) is 18.2 Å². The molecule has 1 amide bonds. The van der Waals surface area contributed by atoms with Crippen LogP contribution in [0.25, 0.3) is 0 Å². The van der Waals surface area contributed by atoms with Gasteiger partial charge >= 0.3 is 0 Å². The van der Waals surface area contributed by atoms with E-state index in [1.165, 1.54) is 6.26 Å². The lowest BCUT2D eigenvalue weighted by Gasteiger charge is -2.17. The first-order chi connectivity index (χ1) is 14.4. The molecular weight excluding hydrogens is 404 g/mol. The molecule has 7 nitrogen and oxygen atoms in total. The Morgan fingerprint density at radius 3 is 2.67 bits per heavy atom. The Hall–Kier alpha value is -3.26. The van der Waals surface area contributed by atoms with Gasteiger partial charge in [0.25, 0.3) is 5.91 Å². The van der Waals surface area contributed by atoms with Crippen LogP contribution in [0.15, 0.2) is 65.3 Å². The van der Waals surface area contributed by atoms with Crippen LogP contribution in [-0.2, 0) is 22.9 Å². The second kappa shape index (κ2) is 8.23. The smallest absolute Gasteiger partial charge is 0.293 e. The number of fused-ring (bicyclic) bond motifs is 1. The Morgan fingerprint density at radius 1 is 1.17 bits per heavy atom. The van der Waals surface area contributed by atoms with Gasteiger partial charge in [0, 0.05) is 12.2 Å². The highest BCUT2D eigenvalue weighted by Crippen LogP contribution is 2.32. The minimum Gasteiger partial charge on any atom is -0.497 e. The quantitative estimate of drug-likeness (QED) is 0.625. The number of nitrogens with one attached hydrogen (secondary N) is 1. The van der Waals surface area contributed by atoms with Crippen LogP contribution in [0.3, 0.4) is 0 Å². The van der Waals surface area contributed by atoms with Crippen LogP contribution in [0.1, 0.15) is 21.7 Å². The van der Waals surface area contributed by atoms with Crippen LogP contribution in [0.5, 0.6) is 5.75 Å². The van der Waals surface area contributed by atoms with Crippen molar-refractivity contribution in [1.29, 1.82) is 0 Å². The number of benzene rings is 2. The molecule has 0 radical (unpaired) electrons. The van der Waals surface area contributed by atoms with Crippen molar-refractivity contribution in [1.82, 2.24) is 0 Å². The molecule has 8 heteroatoms. The zero-order valence-corrected chi connectivity index (χ0v) is 17.3. The van der Waals surface area contributed by atoms with Gasteiger partial charge in [0.1, 0.15) is 5.75 Å². The molecule has 1 N–H and O–H groups in total. The minimum atomic E-state index is -3.55. The van der Waals surface area contributed by atoms with Crippen LogP contribution in [-0.4, -0.2) is 33.7 Å². The number of hydrogen-bond donors (Lipinski definition) is 1. The third-order valence-electron chi connectivity index (χ3n) is 5.05. The molecule has 0 saturated carbocycles. The number of hydrogen-bond acceptors (Lipinski definition) is 5. The Kier molecular flexibility index (Phi) is 5.50. The standard InChI is InChI=1S/C22H22N2O5S/c1-28-19-8-4-16(5-9-19)11-14-30(26,27)23-18-7-6-17-10-12-24(20(17)15-18)22(25)21-3-2-13-29-21/h2-9,13,15,23H,10-12,14H2,1H3. The maximum atomic E-state index is 12.7. The predicted octanol–water partition coefficient (Wildman–Crippen LogP) is 3.48. The van der Waals surface area contributed by atoms with Crippen molar-refractivity contribution in [2.75, 3.05) is 29.0 Å². The number of carbonyl (C=O) groups excluding carboxylic acids is 1. The van der Waals surface area contributed by atoms with Crippen LogP contribution < -0.4 is 14.4 Å². The lowest BCUT2D eigenvalue weighted by Crippen LogP contribution is -2.28. The van der Waals surface area contributed by atoms with Gasteiger partial charge in [0.2, 0.25) is 10.0 Å². The Labute approximate surface area is 175 Å². The molecule has 0 aliphatic carbocycles. The van der Waals surface area contributed by atoms with Gasteiger partial charge in [-0.3, -0.25) is 9.52 Å². The number of methoxy groups -OCH3 is 1. The Balaban J connectivity index is 1.45. The molecule has 156 valence electrons. The number of amides is 1. The van der Waals surface area contributed by atoms with Gasteiger partial charge in [0.15, 0.2) is 5.76 Å². The lowest BCUT2D eigenvalue weighted by atomic mass is 10.1. The first kappa shape index (κ1) is 20.0. The Bertz CT molecular complexity index is 1140. The molecule has 0 spiro atoms. The molecule has 0 saturated heterocycles. The average Bonchev–Trinajstić information content (AvgIpc) is 3.42. The Morgan fingerprint density at radius 2 is 1.97 bits per heavy atom. The molecule has 0 atom stereocenters. The van der Waals surface area contributed by atoms with E-state index in [9.17, 15) is 13.2 Å². The molecule has 2 heterocycles. The topological polar surface area (TPSA) is 88.9 Å². The fourth-order valence-electron chi connectivity index (χ4n) is 3.46. The molecule has 0 bridgehead atoms. The SMILES string of the molecule is COc1ccc(CCS(=O)(=O)Nc2ccc3c(c2)N(C(=O)c2ccco2)CC3)cc1. The monoisotopic (exact) mass is 426 g/mol. The van der Waals surface area contributed by atoms with E-state index < -0.39 is 10.0 Å². The van der Waals surface area contributed by atoms with Crippen molar-refractivity contribution in [2.24, 2.45) is 0 Å². The molecule has 2 aromatic carbocycles. The fourth-order valence-corrected chi connectivity index (χ4v) is 4.55. The van der Waals surface area contributed by atoms with Crippen molar-refractivity contribution in [3.05, 3.63) is 77.7 Å². The lowest BCUT2D eigenvalue weighted by molar-refractivity contribution is 0.0963. The maximum Gasteiger partial charge on any atom is 0.293 e. The summed E-state index contributed by atoms with van der Waals surface area (Å²) >= 11 is 0. The molecule has 1 aliphatic rings. The fraction of sp³-hybridized carbons (Fsp3) is 0.227. The highest BCUT2D eigenvalue weighted by Gasteiger charge is 2.27. The van der Waals surface area contributed by atoms with Crippen molar-refractivity contribution < 1.29 is 22.4 Å². The van der Waals surface area contributed by atoms with E-state index in [0.717, 1.165) is 16.9 Å². The van der Waals surface area contributed by atoms with Crippen LogP contribution in [0.4, 0.5) is 11.4 Å². The highest BCUT2D eigenvalue weighted by molar-refractivity contribution is 7.92. The number of anilines is 2. The van der Waals surface area contributed by atoms with Crippen molar-refractivity contribution in [2.45, 2.75) is 12.8 Å². The summed E-state index contributed by atoms with van der Waals surface area (Å²) in [6.07, 6.45) is 2.55. The summed E-state index contributed by atoms with van der Waals surface area (Å²) in [5, 5.41) is 0. The van der Waals surface area contributed by atoms with E-state index >= 15 is 0 Å². The summed E-state index contributed by atoms with van der Waals surface area (Å²) in [6.45, 7) is 0.530. The summed E-state index contributed by atoms with van der Waals surface area (Å²) in [7, 11) is -1.96. The summed E-state index contributed by atoms with van der Waals surface area (Å²) in [4.78, 5) is 14.3. The van der Waals surface area contributed by atoms with Gasteiger partial charge in [-0.1, -0.05) is 18.2 Å². The molecule has 1 aromatic heterocycles. The largest absolute Gasteiger partial charge is 0.497 e. The number of carbonyl (C=O) groups is 1. The van der Waals surface area contributed by atoms with Gasteiger partial charge in [-0.05, 0) is 60.4 Å². The van der Waals surface area contributed by atoms with E-state index in [4.69, 9.17) is 9.15 Å². The third kappa shape index (κ3) is 4.33. The molecule has 0 unspecified atom stereocenters. The summed E-state index contributed by atoms with van der Waals surface area (Å²) in [6, 6.07) is 15.9. The molecule has 3 aromatic rings. The number of sulfonamides is 1. The molecule has 30 heavy (non-hydrogen) atoms. The van der Waals surface area contributed by atoms with Gasteiger partial charge in [-0.15, -0.1) is 0 Å². The molecule has 1 aliphatic heterocycles. The number of nitrogens with zero attached hydrogens (tertiary/aromatic N) is 1. The maximum absolute atomic E-state index is 12.7. The average molecular weight is 426 g/mol. The summed E-state index contributed by atoms with van der Waals surface area (Å²) in [5.41, 5.74) is 3.04. The number of aryl methyl sites for hydroxylation is 1. The van der Waals surface area contributed by atoms with Gasteiger partial charge in [-0.2, -0.15) is 0 Å². The summed E-state index contributed by atoms with van der Waals surface area (Å²) in [5.74, 6) is 0.698. The van der Waals surface area contributed by atoms with Gasteiger partial charge in [0.05, 0.1) is 24.8 Å². The second-order valence-corrected chi connectivity index (χ2v) is 8.89. The molecular formula is C22H22N2O5S. The van der Waals surface area contributed by atoms with Crippen molar-refractivity contribution >= 4 is 27.3 Å². The van der Waals surface area contributed by atoms with Crippen molar-refractivity contribution in [3.63, 3.8) is 0 Å². The number of ether oxygens (including phenoxy) is 1. The first-order valence-electron chi connectivity index (χ1n) is 9.57. The second-order valence-electron chi connectivity index (χ2n) is 7.05. The summed E-state index contributed by atoms with van der Waals surface area (Å²) < 4.78 is 38.1. The van der Waals surface area contributed by atoms with Gasteiger partial charge < -0.3 is 14.1 Å². The molecule has 4 rings (SSSR count). The van der Waals surface area contributed by atoms with Crippen molar-refractivity contribution in [3.8, 4) is 5.75 Å². The van der Waals surface area contributed by atoms with Gasteiger partial charge in [-0.25, -0.2) is 8.42 Å². The number of rotatable bonds is 7. The van der Waals surface area contributed by atoms with E-state index in [0.29, 0.717) is 30.8 Å².